The Morgan fingerprint density at radius 1 is 1.53 bits per heavy atom. The van der Waals surface area contributed by atoms with E-state index in [2.05, 4.69) is 0 Å². The van der Waals surface area contributed by atoms with E-state index >= 15 is 0 Å². The van der Waals surface area contributed by atoms with Crippen LogP contribution in [0.3, 0.4) is 0 Å². The maximum atomic E-state index is 14.0. The molecule has 0 aromatic heterocycles. The predicted octanol–water partition coefficient (Wildman–Crippen LogP) is 2.07. The van der Waals surface area contributed by atoms with Crippen molar-refractivity contribution in [1.29, 1.82) is 0 Å². The Bertz CT molecular complexity index is 547. The molecule has 6 heteroatoms. The first-order chi connectivity index (χ1) is 9.07. The molecule has 1 aliphatic heterocycles. The number of aliphatic carboxylic acids is 1. The molecule has 1 aliphatic carbocycles. The Kier molecular flexibility index (Phi) is 2.55. The molecule has 1 fully saturated rings. The van der Waals surface area contributed by atoms with Crippen molar-refractivity contribution in [1.82, 2.24) is 0 Å². The van der Waals surface area contributed by atoms with E-state index in [0.717, 1.165) is 0 Å². The molecule has 0 radical (unpaired) electrons. The van der Waals surface area contributed by atoms with E-state index in [0.29, 0.717) is 29.9 Å². The fourth-order valence-electron chi connectivity index (χ4n) is 2.63. The first kappa shape index (κ1) is 12.1. The second-order valence-corrected chi connectivity index (χ2v) is 4.85. The van der Waals surface area contributed by atoms with Crippen LogP contribution in [0.2, 0.25) is 0 Å². The van der Waals surface area contributed by atoms with Gasteiger partial charge in [0.25, 0.3) is 0 Å². The summed E-state index contributed by atoms with van der Waals surface area (Å²) in [6, 6.07) is 1.21. The van der Waals surface area contributed by atoms with Gasteiger partial charge in [0.05, 0.1) is 13.5 Å². The predicted molar refractivity (Wildman–Crippen MR) is 62.2 cm³/mol. The van der Waals surface area contributed by atoms with Crippen LogP contribution in [0.15, 0.2) is 6.07 Å². The zero-order valence-electron chi connectivity index (χ0n) is 10.4. The van der Waals surface area contributed by atoms with E-state index in [-0.39, 0.29) is 19.0 Å². The lowest BCUT2D eigenvalue weighted by molar-refractivity contribution is -0.137. The molecule has 3 rings (SSSR count). The summed E-state index contributed by atoms with van der Waals surface area (Å²) in [6.45, 7) is 0.0120. The van der Waals surface area contributed by atoms with E-state index in [1.807, 2.05) is 0 Å². The average Bonchev–Trinajstić information content (AvgIpc) is 2.96. The van der Waals surface area contributed by atoms with Gasteiger partial charge in [-0.3, -0.25) is 4.79 Å². The number of carboxylic acid groups (broad SMARTS) is 1. The number of hydrogen-bond donors (Lipinski definition) is 1. The topological polar surface area (TPSA) is 65.0 Å². The van der Waals surface area contributed by atoms with Gasteiger partial charge in [-0.1, -0.05) is 0 Å². The van der Waals surface area contributed by atoms with E-state index in [4.69, 9.17) is 19.3 Å². The van der Waals surface area contributed by atoms with Crippen LogP contribution in [0, 0.1) is 5.82 Å². The number of carbonyl (C=O) groups is 1. The van der Waals surface area contributed by atoms with Gasteiger partial charge in [0, 0.05) is 17.0 Å². The van der Waals surface area contributed by atoms with Gasteiger partial charge in [0.15, 0.2) is 23.1 Å². The molecule has 2 aliphatic rings. The average molecular weight is 268 g/mol. The van der Waals surface area contributed by atoms with Crippen molar-refractivity contribution in [2.75, 3.05) is 13.9 Å². The highest BCUT2D eigenvalue weighted by Gasteiger charge is 2.51. The summed E-state index contributed by atoms with van der Waals surface area (Å²) in [7, 11) is 1.36. The molecule has 0 bridgehead atoms. The quantitative estimate of drug-likeness (QED) is 0.905. The highest BCUT2D eigenvalue weighted by Crippen LogP contribution is 2.60. The van der Waals surface area contributed by atoms with Gasteiger partial charge in [-0.2, -0.15) is 0 Å². The third-order valence-corrected chi connectivity index (χ3v) is 3.65. The first-order valence-corrected chi connectivity index (χ1v) is 5.96. The number of fused-ring (bicyclic) bond motifs is 1. The Labute approximate surface area is 108 Å². The lowest BCUT2D eigenvalue weighted by atomic mass is 9.90. The molecule has 19 heavy (non-hydrogen) atoms. The Hall–Kier alpha value is -1.98. The maximum absolute atomic E-state index is 14.0. The SMILES string of the molecule is COc1c(F)cc2c(c1C1(CC(=O)O)CC1)OCO2. The second-order valence-electron chi connectivity index (χ2n) is 4.85. The minimum atomic E-state index is -0.920. The van der Waals surface area contributed by atoms with E-state index in [9.17, 15) is 9.18 Å². The first-order valence-electron chi connectivity index (χ1n) is 5.96. The Balaban J connectivity index is 2.16. The van der Waals surface area contributed by atoms with Gasteiger partial charge in [-0.05, 0) is 12.8 Å². The van der Waals surface area contributed by atoms with Crippen LogP contribution >= 0.6 is 0 Å². The van der Waals surface area contributed by atoms with Crippen molar-refractivity contribution in [3.05, 3.63) is 17.4 Å². The molecule has 102 valence electrons. The minimum Gasteiger partial charge on any atom is -0.493 e. The van der Waals surface area contributed by atoms with Crippen LogP contribution in [-0.2, 0) is 10.2 Å². The summed E-state index contributed by atoms with van der Waals surface area (Å²) in [6.07, 6.45) is 1.28. The summed E-state index contributed by atoms with van der Waals surface area (Å²) in [5.74, 6) is -0.695. The fraction of sp³-hybridized carbons (Fsp3) is 0.462. The molecule has 1 heterocycles. The number of benzene rings is 1. The van der Waals surface area contributed by atoms with E-state index < -0.39 is 17.2 Å². The third kappa shape index (κ3) is 1.78. The largest absolute Gasteiger partial charge is 0.493 e. The van der Waals surface area contributed by atoms with Crippen molar-refractivity contribution >= 4 is 5.97 Å². The zero-order chi connectivity index (χ0) is 13.6. The molecular weight excluding hydrogens is 255 g/mol. The Morgan fingerprint density at radius 2 is 2.26 bits per heavy atom. The number of carboxylic acids is 1. The number of rotatable bonds is 4. The second kappa shape index (κ2) is 4.01. The molecule has 0 spiro atoms. The smallest absolute Gasteiger partial charge is 0.304 e. The number of ether oxygens (including phenoxy) is 3. The van der Waals surface area contributed by atoms with Crippen LogP contribution in [0.25, 0.3) is 0 Å². The monoisotopic (exact) mass is 268 g/mol. The van der Waals surface area contributed by atoms with E-state index in [1.54, 1.807) is 0 Å². The van der Waals surface area contributed by atoms with Gasteiger partial charge in [0.2, 0.25) is 6.79 Å². The molecule has 0 saturated heterocycles. The molecule has 1 N–H and O–H groups in total. The molecule has 5 nitrogen and oxygen atoms in total. The molecule has 1 saturated carbocycles. The highest BCUT2D eigenvalue weighted by molar-refractivity contribution is 5.72. The van der Waals surface area contributed by atoms with Gasteiger partial charge in [-0.15, -0.1) is 0 Å². The Morgan fingerprint density at radius 3 is 2.84 bits per heavy atom. The van der Waals surface area contributed by atoms with Crippen molar-refractivity contribution in [3.63, 3.8) is 0 Å². The standard InChI is InChI=1S/C13H13FO5/c1-17-11-7(14)4-8-12(19-6-18-8)10(11)13(2-3-13)5-9(15)16/h4H,2-3,5-6H2,1H3,(H,15,16). The summed E-state index contributed by atoms with van der Waals surface area (Å²) < 4.78 is 29.7. The summed E-state index contributed by atoms with van der Waals surface area (Å²) >= 11 is 0. The fourth-order valence-corrected chi connectivity index (χ4v) is 2.63. The van der Waals surface area contributed by atoms with Crippen LogP contribution in [0.4, 0.5) is 4.39 Å². The normalized spacial score (nSPS) is 18.2. The number of methoxy groups -OCH3 is 1. The summed E-state index contributed by atoms with van der Waals surface area (Å²) in [4.78, 5) is 11.0. The van der Waals surface area contributed by atoms with Crippen LogP contribution in [0.5, 0.6) is 17.2 Å². The summed E-state index contributed by atoms with van der Waals surface area (Å²) in [5.41, 5.74) is -0.109. The molecule has 1 aromatic rings. The van der Waals surface area contributed by atoms with Gasteiger partial charge < -0.3 is 19.3 Å². The van der Waals surface area contributed by atoms with Crippen molar-refractivity contribution in [2.45, 2.75) is 24.7 Å². The lowest BCUT2D eigenvalue weighted by Gasteiger charge is -2.19. The minimum absolute atomic E-state index is 0.0120. The van der Waals surface area contributed by atoms with Crippen molar-refractivity contribution < 1.29 is 28.5 Å². The number of hydrogen-bond acceptors (Lipinski definition) is 4. The zero-order valence-corrected chi connectivity index (χ0v) is 10.4. The van der Waals surface area contributed by atoms with Crippen molar-refractivity contribution in [3.8, 4) is 17.2 Å². The third-order valence-electron chi connectivity index (χ3n) is 3.65. The molecule has 0 atom stereocenters. The van der Waals surface area contributed by atoms with Gasteiger partial charge in [0.1, 0.15) is 0 Å². The van der Waals surface area contributed by atoms with Crippen molar-refractivity contribution in [2.24, 2.45) is 0 Å². The van der Waals surface area contributed by atoms with E-state index in [1.165, 1.54) is 13.2 Å². The maximum Gasteiger partial charge on any atom is 0.304 e. The lowest BCUT2D eigenvalue weighted by Crippen LogP contribution is -2.15. The molecule has 0 unspecified atom stereocenters. The molecule has 1 aromatic carbocycles. The highest BCUT2D eigenvalue weighted by atomic mass is 19.1. The molecule has 0 amide bonds. The van der Waals surface area contributed by atoms with Crippen LogP contribution < -0.4 is 14.2 Å². The van der Waals surface area contributed by atoms with Gasteiger partial charge >= 0.3 is 5.97 Å². The molecular formula is C13H13FO5. The number of halogens is 1. The van der Waals surface area contributed by atoms with Crippen LogP contribution in [-0.4, -0.2) is 25.0 Å². The van der Waals surface area contributed by atoms with Gasteiger partial charge in [-0.25, -0.2) is 4.39 Å². The van der Waals surface area contributed by atoms with Crippen LogP contribution in [0.1, 0.15) is 24.8 Å². The summed E-state index contributed by atoms with van der Waals surface area (Å²) in [5, 5.41) is 9.03.